The molecule has 1 N–H and O–H groups in total. The Morgan fingerprint density at radius 2 is 1.97 bits per heavy atom. The highest BCUT2D eigenvalue weighted by molar-refractivity contribution is 7.12. The maximum absolute atomic E-state index is 12.6. The molecule has 0 saturated carbocycles. The number of rotatable bonds is 3. The summed E-state index contributed by atoms with van der Waals surface area (Å²) in [4.78, 5) is 31.1. The van der Waals surface area contributed by atoms with E-state index in [1.165, 1.54) is 0 Å². The molecular weight excluding hydrogens is 398 g/mol. The van der Waals surface area contributed by atoms with E-state index in [0.29, 0.717) is 11.4 Å². The molecule has 2 aliphatic heterocycles. The number of carbonyl (C=O) groups is 2. The van der Waals surface area contributed by atoms with Crippen molar-refractivity contribution in [2.24, 2.45) is 0 Å². The van der Waals surface area contributed by atoms with Crippen LogP contribution in [0.2, 0.25) is 0 Å². The SMILES string of the molecule is Cc1cc(C(=O)Nc2cc3n(n2)CCN3c2ccc3c(c2)CCN(C)C3=O)c(C)s1. The zero-order chi connectivity index (χ0) is 21.0. The van der Waals surface area contributed by atoms with Gasteiger partial charge in [0.25, 0.3) is 11.8 Å². The number of thiophene rings is 1. The van der Waals surface area contributed by atoms with Crippen molar-refractivity contribution in [2.75, 3.05) is 30.4 Å². The lowest BCUT2D eigenvalue weighted by molar-refractivity contribution is 0.0780. The minimum absolute atomic E-state index is 0.0817. The molecule has 0 bridgehead atoms. The van der Waals surface area contributed by atoms with Crippen LogP contribution >= 0.6 is 11.3 Å². The van der Waals surface area contributed by atoms with Gasteiger partial charge in [-0.25, -0.2) is 4.68 Å². The summed E-state index contributed by atoms with van der Waals surface area (Å²) >= 11 is 1.62. The normalized spacial score (nSPS) is 15.4. The van der Waals surface area contributed by atoms with Gasteiger partial charge in [0.1, 0.15) is 5.82 Å². The number of fused-ring (bicyclic) bond motifs is 2. The van der Waals surface area contributed by atoms with Gasteiger partial charge in [0, 0.05) is 47.2 Å². The maximum Gasteiger partial charge on any atom is 0.257 e. The molecule has 2 aromatic heterocycles. The van der Waals surface area contributed by atoms with Crippen LogP contribution in [-0.2, 0) is 13.0 Å². The fourth-order valence-electron chi connectivity index (χ4n) is 4.22. The molecule has 0 saturated heterocycles. The van der Waals surface area contributed by atoms with Gasteiger partial charge in [-0.3, -0.25) is 9.59 Å². The van der Waals surface area contributed by atoms with E-state index < -0.39 is 0 Å². The Balaban J connectivity index is 1.39. The quantitative estimate of drug-likeness (QED) is 0.702. The summed E-state index contributed by atoms with van der Waals surface area (Å²) in [6, 6.07) is 9.86. The molecule has 0 aliphatic carbocycles. The molecule has 2 amide bonds. The van der Waals surface area contributed by atoms with Gasteiger partial charge in [-0.1, -0.05) is 0 Å². The second kappa shape index (κ2) is 6.98. The molecule has 0 unspecified atom stereocenters. The predicted molar refractivity (Wildman–Crippen MR) is 118 cm³/mol. The Hall–Kier alpha value is -3.13. The summed E-state index contributed by atoms with van der Waals surface area (Å²) < 4.78 is 1.92. The van der Waals surface area contributed by atoms with Gasteiger partial charge in [0.05, 0.1) is 12.1 Å². The van der Waals surface area contributed by atoms with Crippen molar-refractivity contribution in [3.63, 3.8) is 0 Å². The first-order valence-electron chi connectivity index (χ1n) is 10.0. The fourth-order valence-corrected chi connectivity index (χ4v) is 5.14. The van der Waals surface area contributed by atoms with E-state index in [1.54, 1.807) is 16.2 Å². The van der Waals surface area contributed by atoms with Gasteiger partial charge in [-0.15, -0.1) is 11.3 Å². The molecule has 0 fully saturated rings. The summed E-state index contributed by atoms with van der Waals surface area (Å²) in [5.41, 5.74) is 3.62. The molecule has 2 aliphatic rings. The average Bonchev–Trinajstić information content (AvgIpc) is 3.38. The Morgan fingerprint density at radius 1 is 1.13 bits per heavy atom. The van der Waals surface area contributed by atoms with E-state index in [-0.39, 0.29) is 11.8 Å². The molecule has 0 radical (unpaired) electrons. The number of anilines is 3. The van der Waals surface area contributed by atoms with Crippen LogP contribution in [0.15, 0.2) is 30.3 Å². The first-order valence-corrected chi connectivity index (χ1v) is 10.8. The summed E-state index contributed by atoms with van der Waals surface area (Å²) in [6.45, 7) is 6.26. The molecule has 3 aromatic rings. The molecular formula is C22H23N5O2S. The van der Waals surface area contributed by atoms with Crippen molar-refractivity contribution in [3.05, 3.63) is 56.8 Å². The summed E-state index contributed by atoms with van der Waals surface area (Å²) in [7, 11) is 1.84. The van der Waals surface area contributed by atoms with Crippen molar-refractivity contribution >= 4 is 40.5 Å². The van der Waals surface area contributed by atoms with Crippen molar-refractivity contribution < 1.29 is 9.59 Å². The lowest BCUT2D eigenvalue weighted by atomic mass is 9.98. The van der Waals surface area contributed by atoms with Crippen LogP contribution in [0.3, 0.4) is 0 Å². The monoisotopic (exact) mass is 421 g/mol. The van der Waals surface area contributed by atoms with Gasteiger partial charge in [0.15, 0.2) is 5.82 Å². The van der Waals surface area contributed by atoms with Crippen LogP contribution < -0.4 is 10.2 Å². The second-order valence-electron chi connectivity index (χ2n) is 7.86. The number of likely N-dealkylation sites (N-methyl/N-ethyl adjacent to an activating group) is 1. The third-order valence-corrected chi connectivity index (χ3v) is 6.76. The van der Waals surface area contributed by atoms with Gasteiger partial charge < -0.3 is 15.1 Å². The zero-order valence-electron chi connectivity index (χ0n) is 17.2. The Kier molecular flexibility index (Phi) is 4.39. The van der Waals surface area contributed by atoms with E-state index in [1.807, 2.05) is 49.8 Å². The smallest absolute Gasteiger partial charge is 0.257 e. The van der Waals surface area contributed by atoms with E-state index in [2.05, 4.69) is 21.4 Å². The highest BCUT2D eigenvalue weighted by atomic mass is 32.1. The van der Waals surface area contributed by atoms with Crippen molar-refractivity contribution in [2.45, 2.75) is 26.8 Å². The Bertz CT molecular complexity index is 1180. The average molecular weight is 422 g/mol. The van der Waals surface area contributed by atoms with Crippen LogP contribution in [0.25, 0.3) is 0 Å². The highest BCUT2D eigenvalue weighted by Gasteiger charge is 2.27. The number of benzene rings is 1. The summed E-state index contributed by atoms with van der Waals surface area (Å²) in [6.07, 6.45) is 0.860. The predicted octanol–water partition coefficient (Wildman–Crippen LogP) is 3.59. The summed E-state index contributed by atoms with van der Waals surface area (Å²) in [5.74, 6) is 1.45. The molecule has 5 rings (SSSR count). The maximum atomic E-state index is 12.6. The first kappa shape index (κ1) is 18.9. The second-order valence-corrected chi connectivity index (χ2v) is 9.32. The molecule has 4 heterocycles. The Morgan fingerprint density at radius 3 is 2.73 bits per heavy atom. The Labute approximate surface area is 178 Å². The summed E-state index contributed by atoms with van der Waals surface area (Å²) in [5, 5.41) is 7.50. The number of hydrogen-bond acceptors (Lipinski definition) is 5. The van der Waals surface area contributed by atoms with Gasteiger partial charge >= 0.3 is 0 Å². The number of aromatic nitrogens is 2. The first-order chi connectivity index (χ1) is 14.4. The highest BCUT2D eigenvalue weighted by Crippen LogP contribution is 2.34. The van der Waals surface area contributed by atoms with Gasteiger partial charge in [0.2, 0.25) is 0 Å². The largest absolute Gasteiger partial charge is 0.341 e. The van der Waals surface area contributed by atoms with E-state index in [0.717, 1.165) is 58.4 Å². The number of aryl methyl sites for hydroxylation is 2. The standard InChI is InChI=1S/C22H23N5O2S/c1-13-10-18(14(2)30-13)21(28)23-19-12-20-26(8-9-27(20)24-19)16-4-5-17-15(11-16)6-7-25(3)22(17)29/h4-5,10-12H,6-9H2,1-3H3,(H,23,24,28). The molecule has 0 spiro atoms. The minimum Gasteiger partial charge on any atom is -0.341 e. The number of hydrogen-bond donors (Lipinski definition) is 1. The van der Waals surface area contributed by atoms with Gasteiger partial charge in [-0.05, 0) is 50.1 Å². The van der Waals surface area contributed by atoms with Crippen molar-refractivity contribution in [1.29, 1.82) is 0 Å². The number of amides is 2. The number of carbonyl (C=O) groups excluding carboxylic acids is 2. The molecule has 30 heavy (non-hydrogen) atoms. The van der Waals surface area contributed by atoms with E-state index >= 15 is 0 Å². The van der Waals surface area contributed by atoms with Crippen molar-refractivity contribution in [3.8, 4) is 0 Å². The van der Waals surface area contributed by atoms with E-state index in [4.69, 9.17) is 0 Å². The van der Waals surface area contributed by atoms with Crippen LogP contribution in [0.1, 0.15) is 36.0 Å². The molecule has 7 nitrogen and oxygen atoms in total. The number of nitrogens with zero attached hydrogens (tertiary/aromatic N) is 4. The third-order valence-electron chi connectivity index (χ3n) is 5.79. The topological polar surface area (TPSA) is 70.5 Å². The van der Waals surface area contributed by atoms with Crippen LogP contribution in [0.4, 0.5) is 17.3 Å². The van der Waals surface area contributed by atoms with Gasteiger partial charge in [-0.2, -0.15) is 5.10 Å². The fraction of sp³-hybridized carbons (Fsp3) is 0.318. The lowest BCUT2D eigenvalue weighted by Gasteiger charge is -2.26. The lowest BCUT2D eigenvalue weighted by Crippen LogP contribution is -2.34. The van der Waals surface area contributed by atoms with E-state index in [9.17, 15) is 9.59 Å². The molecule has 154 valence electrons. The van der Waals surface area contributed by atoms with Crippen LogP contribution in [0, 0.1) is 13.8 Å². The molecule has 1 aromatic carbocycles. The zero-order valence-corrected chi connectivity index (χ0v) is 18.0. The third kappa shape index (κ3) is 3.08. The minimum atomic E-state index is -0.128. The molecule has 8 heteroatoms. The molecule has 0 atom stereocenters. The van der Waals surface area contributed by atoms with Crippen molar-refractivity contribution in [1.82, 2.24) is 14.7 Å². The number of nitrogens with one attached hydrogen (secondary N) is 1. The van der Waals surface area contributed by atoms with Crippen LogP contribution in [-0.4, -0.2) is 46.6 Å². The van der Waals surface area contributed by atoms with Crippen LogP contribution in [0.5, 0.6) is 0 Å².